The van der Waals surface area contributed by atoms with E-state index in [0.29, 0.717) is 41.0 Å². The summed E-state index contributed by atoms with van der Waals surface area (Å²) in [6.45, 7) is 1.88. The van der Waals surface area contributed by atoms with Crippen LogP contribution in [0, 0.1) is 5.82 Å². The Labute approximate surface area is 184 Å². The SMILES string of the molecule is CCCC(Oc1cc2ncnc(Nc3ccc(F)c(Cl)c3)c2cc1OC)OS(C)(=O)=O. The average molecular weight is 470 g/mol. The van der Waals surface area contributed by atoms with E-state index in [9.17, 15) is 12.8 Å². The van der Waals surface area contributed by atoms with E-state index in [0.717, 1.165) is 6.26 Å². The third-order valence-electron chi connectivity index (χ3n) is 4.17. The first-order valence-electron chi connectivity index (χ1n) is 9.30. The number of fused-ring (bicyclic) bond motifs is 1. The zero-order chi connectivity index (χ0) is 22.6. The van der Waals surface area contributed by atoms with Gasteiger partial charge in [0.15, 0.2) is 11.5 Å². The molecule has 0 aliphatic carbocycles. The molecule has 0 bridgehead atoms. The maximum atomic E-state index is 13.4. The number of anilines is 2. The molecule has 11 heteroatoms. The Morgan fingerprint density at radius 2 is 1.97 bits per heavy atom. The molecule has 0 spiro atoms. The number of methoxy groups -OCH3 is 1. The van der Waals surface area contributed by atoms with E-state index in [1.54, 1.807) is 12.1 Å². The van der Waals surface area contributed by atoms with Crippen LogP contribution in [0.5, 0.6) is 11.5 Å². The molecule has 3 aromatic rings. The van der Waals surface area contributed by atoms with Crippen LogP contribution in [0.2, 0.25) is 5.02 Å². The van der Waals surface area contributed by atoms with Crippen LogP contribution < -0.4 is 14.8 Å². The van der Waals surface area contributed by atoms with Crippen molar-refractivity contribution < 1.29 is 26.5 Å². The van der Waals surface area contributed by atoms with Crippen molar-refractivity contribution in [3.8, 4) is 11.5 Å². The number of hydrogen-bond donors (Lipinski definition) is 1. The number of nitrogens with one attached hydrogen (secondary N) is 1. The number of ether oxygens (including phenoxy) is 2. The third-order valence-corrected chi connectivity index (χ3v) is 5.02. The summed E-state index contributed by atoms with van der Waals surface area (Å²) in [4.78, 5) is 8.49. The maximum Gasteiger partial charge on any atom is 0.267 e. The minimum Gasteiger partial charge on any atom is -0.493 e. The molecule has 1 aromatic heterocycles. The minimum atomic E-state index is -3.71. The van der Waals surface area contributed by atoms with Gasteiger partial charge in [-0.25, -0.2) is 18.5 Å². The molecule has 0 saturated carbocycles. The lowest BCUT2D eigenvalue weighted by molar-refractivity contribution is 0.00358. The highest BCUT2D eigenvalue weighted by atomic mass is 35.5. The van der Waals surface area contributed by atoms with Gasteiger partial charge in [-0.1, -0.05) is 24.9 Å². The van der Waals surface area contributed by atoms with E-state index < -0.39 is 22.2 Å². The van der Waals surface area contributed by atoms with Gasteiger partial charge in [-0.2, -0.15) is 8.42 Å². The van der Waals surface area contributed by atoms with Gasteiger partial charge in [0.2, 0.25) is 6.29 Å². The second kappa shape index (κ2) is 9.63. The smallest absolute Gasteiger partial charge is 0.267 e. The first kappa shape index (κ1) is 23.0. The molecule has 0 amide bonds. The molecule has 0 aliphatic rings. The molecule has 0 fully saturated rings. The van der Waals surface area contributed by atoms with Crippen LogP contribution in [0.1, 0.15) is 19.8 Å². The van der Waals surface area contributed by atoms with Crippen LogP contribution >= 0.6 is 11.6 Å². The zero-order valence-corrected chi connectivity index (χ0v) is 18.6. The molecule has 166 valence electrons. The fourth-order valence-corrected chi connectivity index (χ4v) is 3.53. The summed E-state index contributed by atoms with van der Waals surface area (Å²) in [6, 6.07) is 7.48. The quantitative estimate of drug-likeness (QED) is 0.357. The Kier molecular flexibility index (Phi) is 7.14. The van der Waals surface area contributed by atoms with Gasteiger partial charge in [0.25, 0.3) is 10.1 Å². The standard InChI is InChI=1S/C20H21ClFN3O5S/c1-4-5-19(30-31(3,26)27)29-18-10-16-13(9-17(18)28-2)20(24-11-23-16)25-12-6-7-15(22)14(21)8-12/h6-11,19H,4-5H2,1-3H3,(H,23,24,25). The van der Waals surface area contributed by atoms with Crippen molar-refractivity contribution in [1.29, 1.82) is 0 Å². The molecule has 31 heavy (non-hydrogen) atoms. The third kappa shape index (κ3) is 5.93. The predicted molar refractivity (Wildman–Crippen MR) is 116 cm³/mol. The van der Waals surface area contributed by atoms with Gasteiger partial charge in [-0.15, -0.1) is 0 Å². The predicted octanol–water partition coefficient (Wildman–Crippen LogP) is 4.66. The second-order valence-electron chi connectivity index (χ2n) is 6.63. The van der Waals surface area contributed by atoms with Gasteiger partial charge in [0.1, 0.15) is 18.0 Å². The number of hydrogen-bond acceptors (Lipinski definition) is 8. The second-order valence-corrected chi connectivity index (χ2v) is 8.64. The van der Waals surface area contributed by atoms with Crippen LogP contribution in [0.3, 0.4) is 0 Å². The number of rotatable bonds is 9. The van der Waals surface area contributed by atoms with Crippen molar-refractivity contribution in [2.24, 2.45) is 0 Å². The van der Waals surface area contributed by atoms with Crippen LogP contribution in [-0.4, -0.2) is 38.0 Å². The number of benzene rings is 2. The highest BCUT2D eigenvalue weighted by Crippen LogP contribution is 2.36. The lowest BCUT2D eigenvalue weighted by Gasteiger charge is -2.20. The molecule has 3 rings (SSSR count). The van der Waals surface area contributed by atoms with Crippen molar-refractivity contribution in [3.63, 3.8) is 0 Å². The van der Waals surface area contributed by atoms with E-state index in [4.69, 9.17) is 25.3 Å². The highest BCUT2D eigenvalue weighted by Gasteiger charge is 2.20. The van der Waals surface area contributed by atoms with E-state index in [2.05, 4.69) is 15.3 Å². The van der Waals surface area contributed by atoms with Crippen molar-refractivity contribution in [2.75, 3.05) is 18.7 Å². The molecule has 1 N–H and O–H groups in total. The first-order valence-corrected chi connectivity index (χ1v) is 11.5. The Bertz CT molecular complexity index is 1190. The van der Waals surface area contributed by atoms with E-state index >= 15 is 0 Å². The summed E-state index contributed by atoms with van der Waals surface area (Å²) in [5.41, 5.74) is 1.05. The molecule has 0 radical (unpaired) electrons. The Balaban J connectivity index is 1.97. The first-order chi connectivity index (χ1) is 14.7. The summed E-state index contributed by atoms with van der Waals surface area (Å²) in [6.07, 6.45) is 2.31. The Hall–Kier alpha value is -2.69. The molecule has 1 unspecified atom stereocenters. The largest absolute Gasteiger partial charge is 0.493 e. The normalized spacial score (nSPS) is 12.5. The van der Waals surface area contributed by atoms with Gasteiger partial charge in [0.05, 0.1) is 23.9 Å². The van der Waals surface area contributed by atoms with Crippen molar-refractivity contribution in [2.45, 2.75) is 26.1 Å². The average Bonchev–Trinajstić information content (AvgIpc) is 2.69. The van der Waals surface area contributed by atoms with Gasteiger partial charge in [-0.3, -0.25) is 0 Å². The Morgan fingerprint density at radius 1 is 1.19 bits per heavy atom. The lowest BCUT2D eigenvalue weighted by Crippen LogP contribution is -2.24. The molecule has 1 atom stereocenters. The van der Waals surface area contributed by atoms with Crippen molar-refractivity contribution in [1.82, 2.24) is 9.97 Å². The molecular weight excluding hydrogens is 449 g/mol. The zero-order valence-electron chi connectivity index (χ0n) is 17.1. The molecular formula is C20H21ClFN3O5S. The molecule has 1 heterocycles. The summed E-state index contributed by atoms with van der Waals surface area (Å²) in [5, 5.41) is 3.65. The Morgan fingerprint density at radius 3 is 2.61 bits per heavy atom. The molecule has 8 nitrogen and oxygen atoms in total. The molecule has 2 aromatic carbocycles. The summed E-state index contributed by atoms with van der Waals surface area (Å²) in [7, 11) is -2.26. The summed E-state index contributed by atoms with van der Waals surface area (Å²) >= 11 is 5.85. The maximum absolute atomic E-state index is 13.4. The fraction of sp³-hybridized carbons (Fsp3) is 0.300. The van der Waals surface area contributed by atoms with E-state index in [1.807, 2.05) is 6.92 Å². The van der Waals surface area contributed by atoms with Gasteiger partial charge >= 0.3 is 0 Å². The van der Waals surface area contributed by atoms with E-state index in [1.165, 1.54) is 31.6 Å². The minimum absolute atomic E-state index is 0.0236. The van der Waals surface area contributed by atoms with E-state index in [-0.39, 0.29) is 10.8 Å². The lowest BCUT2D eigenvalue weighted by atomic mass is 10.2. The summed E-state index contributed by atoms with van der Waals surface area (Å²) in [5.74, 6) is 0.517. The van der Waals surface area contributed by atoms with Gasteiger partial charge in [0, 0.05) is 23.6 Å². The monoisotopic (exact) mass is 469 g/mol. The van der Waals surface area contributed by atoms with Gasteiger partial charge in [-0.05, 0) is 24.3 Å². The van der Waals surface area contributed by atoms with Crippen molar-refractivity contribution >= 4 is 44.1 Å². The fourth-order valence-electron chi connectivity index (χ4n) is 2.82. The van der Waals surface area contributed by atoms with Crippen LogP contribution in [-0.2, 0) is 14.3 Å². The van der Waals surface area contributed by atoms with Crippen molar-refractivity contribution in [3.05, 3.63) is 47.5 Å². The van der Waals surface area contributed by atoms with Crippen LogP contribution in [0.4, 0.5) is 15.9 Å². The summed E-state index contributed by atoms with van der Waals surface area (Å²) < 4.78 is 52.7. The van der Waals surface area contributed by atoms with Gasteiger partial charge < -0.3 is 14.8 Å². The van der Waals surface area contributed by atoms with Crippen LogP contribution in [0.25, 0.3) is 10.9 Å². The number of halogens is 2. The number of nitrogens with zero attached hydrogens (tertiary/aromatic N) is 2. The topological polar surface area (TPSA) is 99.6 Å². The molecule has 0 aliphatic heterocycles. The number of aromatic nitrogens is 2. The molecule has 0 saturated heterocycles. The van der Waals surface area contributed by atoms with Crippen LogP contribution in [0.15, 0.2) is 36.7 Å². The highest BCUT2D eigenvalue weighted by molar-refractivity contribution is 7.86.